The van der Waals surface area contributed by atoms with Crippen LogP contribution in [0, 0.1) is 0 Å². The van der Waals surface area contributed by atoms with E-state index in [4.69, 9.17) is 40.0 Å². The maximum atomic E-state index is 14.9. The zero-order chi connectivity index (χ0) is 64.1. The molecule has 0 heterocycles. The molecule has 488 valence electrons. The lowest BCUT2D eigenvalue weighted by Crippen LogP contribution is -2.46. The summed E-state index contributed by atoms with van der Waals surface area (Å²) < 4.78 is 34.9. The number of amides is 3. The highest BCUT2D eigenvalue weighted by atomic mass is 35.5. The van der Waals surface area contributed by atoms with Crippen LogP contribution in [0.15, 0.2) is 134 Å². The molecular formula is C75H100ClN3O11. The van der Waals surface area contributed by atoms with E-state index in [9.17, 15) is 24.0 Å². The van der Waals surface area contributed by atoms with Crippen molar-refractivity contribution < 1.29 is 52.4 Å². The minimum Gasteiger partial charge on any atom is -0.460 e. The molecule has 5 aromatic rings. The van der Waals surface area contributed by atoms with Gasteiger partial charge in [-0.2, -0.15) is 0 Å². The fourth-order valence-electron chi connectivity index (χ4n) is 11.4. The molecule has 2 atom stereocenters. The van der Waals surface area contributed by atoms with Crippen molar-refractivity contribution in [3.8, 4) is 11.1 Å². The van der Waals surface area contributed by atoms with E-state index < -0.39 is 29.3 Å². The zero-order valence-electron chi connectivity index (χ0n) is 53.9. The first-order chi connectivity index (χ1) is 43.8. The standard InChI is InChI=1S/C75H100ClN3O11/c1-5-58-43-45-60(46-44-58)75(59-33-21-20-22-34-59,66-39-29-30-40-67(66)76)90-72(83)68(79-70(81)41-23-18-16-14-12-10-8-6-7-9-11-13-15-17-19-24-42-71(82)89-74(2,3)4)47-48-69(80)77-49-31-51-85-53-55-87-56-54-86-52-32-50-78-73(84)88-57-65-63-37-27-25-35-61(63)62-36-26-28-38-64(62)65/h5,20-22,25-30,33-40,43-46,65,68H,1,6-19,23-24,31-32,41-42,47-57H2,2-4H3,(H,77,80)(H,78,84)(H,79,81)/t68-,75?/m0/s1. The van der Waals surface area contributed by atoms with Crippen molar-refractivity contribution in [2.24, 2.45) is 0 Å². The average Bonchev–Trinajstić information content (AvgIpc) is 0.864. The predicted octanol–water partition coefficient (Wildman–Crippen LogP) is 15.9. The molecule has 3 N–H and O–H groups in total. The minimum atomic E-state index is -1.52. The summed E-state index contributed by atoms with van der Waals surface area (Å²) >= 11 is 7.00. The number of fused-ring (bicyclic) bond motifs is 3. The smallest absolute Gasteiger partial charge is 0.407 e. The van der Waals surface area contributed by atoms with Gasteiger partial charge in [0.1, 0.15) is 18.2 Å². The van der Waals surface area contributed by atoms with Crippen molar-refractivity contribution in [2.45, 2.75) is 185 Å². The molecule has 0 aromatic heterocycles. The summed E-state index contributed by atoms with van der Waals surface area (Å²) in [6, 6.07) is 39.6. The molecule has 0 spiro atoms. The molecular weight excluding hydrogens is 1150 g/mol. The summed E-state index contributed by atoms with van der Waals surface area (Å²) in [5.74, 6) is -1.32. The maximum absolute atomic E-state index is 14.9. The van der Waals surface area contributed by atoms with Gasteiger partial charge in [-0.05, 0) is 86.8 Å². The molecule has 0 bridgehead atoms. The van der Waals surface area contributed by atoms with Crippen LogP contribution in [0.3, 0.4) is 0 Å². The second-order valence-electron chi connectivity index (χ2n) is 24.3. The summed E-state index contributed by atoms with van der Waals surface area (Å²) in [6.07, 6.45) is 21.3. The highest BCUT2D eigenvalue weighted by Crippen LogP contribution is 2.46. The van der Waals surface area contributed by atoms with Gasteiger partial charge in [-0.25, -0.2) is 9.59 Å². The van der Waals surface area contributed by atoms with Gasteiger partial charge in [0, 0.05) is 73.2 Å². The number of alkyl carbamates (subject to hydrolysis) is 1. The first kappa shape index (κ1) is 72.2. The first-order valence-corrected chi connectivity index (χ1v) is 33.5. The van der Waals surface area contributed by atoms with Gasteiger partial charge in [0.05, 0.1) is 26.4 Å². The van der Waals surface area contributed by atoms with Crippen molar-refractivity contribution in [1.29, 1.82) is 0 Å². The topological polar surface area (TPSA) is 177 Å². The third-order valence-electron chi connectivity index (χ3n) is 16.1. The van der Waals surface area contributed by atoms with E-state index >= 15 is 0 Å². The summed E-state index contributed by atoms with van der Waals surface area (Å²) in [5.41, 5.74) is 5.51. The molecule has 6 rings (SSSR count). The summed E-state index contributed by atoms with van der Waals surface area (Å²) in [6.45, 7) is 13.1. The molecule has 1 aliphatic rings. The SMILES string of the molecule is C=Cc1ccc(C(OC(=O)[C@H](CCC(=O)NCCCOCCOCCOCCCNC(=O)OCC2c3ccccc3-c3ccccc32)NC(=O)CCCCCCCCCCCCCCCCCCC(=O)OC(C)(C)C)(c2ccccc2)c2ccccc2Cl)cc1. The third kappa shape index (κ3) is 25.4. The molecule has 1 unspecified atom stereocenters. The average molecular weight is 1260 g/mol. The monoisotopic (exact) mass is 1250 g/mol. The number of hydrogen-bond donors (Lipinski definition) is 3. The van der Waals surface area contributed by atoms with E-state index in [1.165, 1.54) is 86.5 Å². The number of benzene rings is 5. The molecule has 0 fully saturated rings. The Hall–Kier alpha value is -6.84. The molecule has 0 radical (unpaired) electrons. The fraction of sp³-hybridized carbons (Fsp3) is 0.507. The lowest BCUT2D eigenvalue weighted by Gasteiger charge is -2.37. The summed E-state index contributed by atoms with van der Waals surface area (Å²) in [7, 11) is 0. The van der Waals surface area contributed by atoms with Gasteiger partial charge in [-0.1, -0.05) is 235 Å². The number of hydrogen-bond acceptors (Lipinski definition) is 11. The predicted molar refractivity (Wildman–Crippen MR) is 358 cm³/mol. The number of nitrogens with one attached hydrogen (secondary N) is 3. The Kier molecular flexibility index (Phi) is 32.7. The minimum absolute atomic E-state index is 0.00760. The van der Waals surface area contributed by atoms with Gasteiger partial charge in [0.15, 0.2) is 5.60 Å². The third-order valence-corrected chi connectivity index (χ3v) is 16.4. The van der Waals surface area contributed by atoms with Gasteiger partial charge in [0.25, 0.3) is 0 Å². The number of carbonyl (C=O) groups is 5. The Morgan fingerprint density at radius 1 is 0.511 bits per heavy atom. The van der Waals surface area contributed by atoms with Gasteiger partial charge in [-0.3, -0.25) is 14.4 Å². The van der Waals surface area contributed by atoms with E-state index in [1.807, 2.05) is 118 Å². The van der Waals surface area contributed by atoms with E-state index in [0.717, 1.165) is 37.7 Å². The van der Waals surface area contributed by atoms with E-state index in [1.54, 1.807) is 12.1 Å². The van der Waals surface area contributed by atoms with Crippen LogP contribution in [0.5, 0.6) is 0 Å². The largest absolute Gasteiger partial charge is 0.460 e. The van der Waals surface area contributed by atoms with Crippen molar-refractivity contribution in [3.05, 3.63) is 172 Å². The van der Waals surface area contributed by atoms with Crippen LogP contribution >= 0.6 is 11.6 Å². The Balaban J connectivity index is 0.864. The highest BCUT2D eigenvalue weighted by molar-refractivity contribution is 6.31. The number of halogens is 1. The van der Waals surface area contributed by atoms with Gasteiger partial charge >= 0.3 is 18.0 Å². The lowest BCUT2D eigenvalue weighted by atomic mass is 9.79. The van der Waals surface area contributed by atoms with Crippen molar-refractivity contribution in [2.75, 3.05) is 59.3 Å². The second-order valence-corrected chi connectivity index (χ2v) is 24.7. The Morgan fingerprint density at radius 3 is 1.53 bits per heavy atom. The van der Waals surface area contributed by atoms with E-state index in [-0.39, 0.29) is 49.6 Å². The lowest BCUT2D eigenvalue weighted by molar-refractivity contribution is -0.158. The van der Waals surface area contributed by atoms with Crippen molar-refractivity contribution >= 4 is 47.5 Å². The molecule has 3 amide bonds. The van der Waals surface area contributed by atoms with E-state index in [2.05, 4.69) is 46.8 Å². The molecule has 15 heteroatoms. The summed E-state index contributed by atoms with van der Waals surface area (Å²) in [5, 5.41) is 9.12. The number of unbranched alkanes of at least 4 members (excludes halogenated alkanes) is 15. The normalized spacial score (nSPS) is 12.9. The molecule has 0 saturated heterocycles. The Labute approximate surface area is 541 Å². The van der Waals surface area contributed by atoms with Crippen LogP contribution < -0.4 is 16.0 Å². The Morgan fingerprint density at radius 2 is 0.989 bits per heavy atom. The quantitative estimate of drug-likeness (QED) is 0.0146. The van der Waals surface area contributed by atoms with Gasteiger partial charge in [-0.15, -0.1) is 0 Å². The molecule has 90 heavy (non-hydrogen) atoms. The number of carbonyl (C=O) groups excluding carboxylic acids is 5. The molecule has 0 saturated carbocycles. The number of ether oxygens (including phenoxy) is 6. The van der Waals surface area contributed by atoms with Crippen molar-refractivity contribution in [3.63, 3.8) is 0 Å². The van der Waals surface area contributed by atoms with Crippen molar-refractivity contribution in [1.82, 2.24) is 16.0 Å². The van der Waals surface area contributed by atoms with Crippen LogP contribution in [0.25, 0.3) is 17.2 Å². The van der Waals surface area contributed by atoms with E-state index in [0.29, 0.717) is 100 Å². The maximum Gasteiger partial charge on any atom is 0.407 e. The molecule has 1 aliphatic carbocycles. The number of esters is 2. The second kappa shape index (κ2) is 40.8. The fourth-order valence-corrected chi connectivity index (χ4v) is 11.7. The summed E-state index contributed by atoms with van der Waals surface area (Å²) in [4.78, 5) is 66.4. The Bertz CT molecular complexity index is 2890. The van der Waals surface area contributed by atoms with Crippen LogP contribution in [-0.2, 0) is 53.2 Å². The molecule has 5 aromatic carbocycles. The van der Waals surface area contributed by atoms with Gasteiger partial charge in [0.2, 0.25) is 11.8 Å². The zero-order valence-corrected chi connectivity index (χ0v) is 54.6. The first-order valence-electron chi connectivity index (χ1n) is 33.2. The number of rotatable bonds is 45. The van der Waals surface area contributed by atoms with Crippen LogP contribution in [0.2, 0.25) is 5.02 Å². The van der Waals surface area contributed by atoms with Gasteiger partial charge < -0.3 is 44.4 Å². The molecule has 0 aliphatic heterocycles. The highest BCUT2D eigenvalue weighted by Gasteiger charge is 2.44. The van der Waals surface area contributed by atoms with Crippen LogP contribution in [-0.4, -0.2) is 101 Å². The van der Waals surface area contributed by atoms with Crippen LogP contribution in [0.4, 0.5) is 4.79 Å². The molecule has 14 nitrogen and oxygen atoms in total. The van der Waals surface area contributed by atoms with Crippen LogP contribution in [0.1, 0.15) is 201 Å².